The summed E-state index contributed by atoms with van der Waals surface area (Å²) in [5, 5.41) is 17.2. The van der Waals surface area contributed by atoms with Crippen LogP contribution in [0.15, 0.2) is 34.8 Å². The smallest absolute Gasteiger partial charge is 0.294 e. The predicted octanol–water partition coefficient (Wildman–Crippen LogP) is 0.655. The largest absolute Gasteiger partial charge is 0.388 e. The molecule has 0 saturated carbocycles. The molecule has 0 heterocycles. The van der Waals surface area contributed by atoms with Gasteiger partial charge in [0.25, 0.3) is 10.1 Å². The summed E-state index contributed by atoms with van der Waals surface area (Å²) >= 11 is 0. The van der Waals surface area contributed by atoms with Crippen LogP contribution in [0.1, 0.15) is 6.42 Å². The van der Waals surface area contributed by atoms with E-state index in [0.717, 1.165) is 6.08 Å². The highest BCUT2D eigenvalue weighted by molar-refractivity contribution is 7.90. The zero-order valence-corrected chi connectivity index (χ0v) is 9.11. The molecule has 0 aliphatic heterocycles. The third-order valence-corrected chi connectivity index (χ3v) is 3.51. The van der Waals surface area contributed by atoms with Crippen LogP contribution in [0.5, 0.6) is 0 Å². The fraction of sp³-hybridized carbons (Fsp3) is 0.300. The predicted molar refractivity (Wildman–Crippen MR) is 58.7 cm³/mol. The summed E-state index contributed by atoms with van der Waals surface area (Å²) < 4.78 is 30.8. The molecule has 6 heteroatoms. The fourth-order valence-electron chi connectivity index (χ4n) is 1.88. The molecule has 5 nitrogen and oxygen atoms in total. The molecule has 0 saturated heterocycles. The van der Waals surface area contributed by atoms with E-state index in [1.54, 1.807) is 12.2 Å². The lowest BCUT2D eigenvalue weighted by Crippen LogP contribution is -2.27. The lowest BCUT2D eigenvalue weighted by molar-refractivity contribution is 0.188. The number of aliphatic hydroxyl groups is 1. The van der Waals surface area contributed by atoms with Crippen LogP contribution in [-0.2, 0) is 10.1 Å². The third-order valence-electron chi connectivity index (χ3n) is 2.66. The molecule has 0 aromatic heterocycles. The van der Waals surface area contributed by atoms with Crippen molar-refractivity contribution < 1.29 is 18.1 Å². The highest BCUT2D eigenvalue weighted by Gasteiger charge is 2.29. The van der Waals surface area contributed by atoms with Crippen molar-refractivity contribution in [2.24, 2.45) is 5.92 Å². The van der Waals surface area contributed by atoms with Crippen LogP contribution in [-0.4, -0.2) is 29.9 Å². The van der Waals surface area contributed by atoms with Crippen molar-refractivity contribution in [3.8, 4) is 0 Å². The molecule has 2 aliphatic rings. The molecular formula is C10H11NO4S. The Bertz CT molecular complexity index is 527. The SMILES string of the molecule is N=C1C=CC2C(=CC(S(=O)(=O)O)=CC2O)C1. The summed E-state index contributed by atoms with van der Waals surface area (Å²) in [6, 6.07) is 0. The first kappa shape index (κ1) is 11.3. The molecule has 0 fully saturated rings. The van der Waals surface area contributed by atoms with Crippen LogP contribution in [0, 0.1) is 11.3 Å². The topological polar surface area (TPSA) is 98.5 Å². The second kappa shape index (κ2) is 3.65. The zero-order chi connectivity index (χ0) is 11.9. The maximum absolute atomic E-state index is 10.9. The van der Waals surface area contributed by atoms with Crippen LogP contribution >= 0.6 is 0 Å². The van der Waals surface area contributed by atoms with Crippen molar-refractivity contribution >= 4 is 15.8 Å². The average molecular weight is 241 g/mol. The summed E-state index contributed by atoms with van der Waals surface area (Å²) in [5.41, 5.74) is 0.987. The molecule has 3 N–H and O–H groups in total. The number of rotatable bonds is 1. The van der Waals surface area contributed by atoms with Crippen molar-refractivity contribution in [3.63, 3.8) is 0 Å². The van der Waals surface area contributed by atoms with E-state index < -0.39 is 16.2 Å². The van der Waals surface area contributed by atoms with Gasteiger partial charge in [-0.1, -0.05) is 11.6 Å². The molecule has 2 rings (SSSR count). The number of allylic oxidation sites excluding steroid dienone is 2. The Balaban J connectivity index is 2.45. The van der Waals surface area contributed by atoms with Crippen LogP contribution in [0.3, 0.4) is 0 Å². The Labute approximate surface area is 93.1 Å². The Morgan fingerprint density at radius 3 is 2.75 bits per heavy atom. The number of nitrogens with one attached hydrogen (secondary N) is 1. The van der Waals surface area contributed by atoms with Crippen molar-refractivity contribution in [1.82, 2.24) is 0 Å². The van der Waals surface area contributed by atoms with Gasteiger partial charge >= 0.3 is 0 Å². The van der Waals surface area contributed by atoms with Gasteiger partial charge in [0, 0.05) is 18.1 Å². The summed E-state index contributed by atoms with van der Waals surface area (Å²) in [6.07, 6.45) is 5.02. The van der Waals surface area contributed by atoms with Crippen molar-refractivity contribution in [3.05, 3.63) is 34.8 Å². The van der Waals surface area contributed by atoms with E-state index in [0.29, 0.717) is 17.7 Å². The minimum absolute atomic E-state index is 0.292. The number of aliphatic hydroxyl groups excluding tert-OH is 1. The Kier molecular flexibility index (Phi) is 2.57. The molecule has 0 spiro atoms. The van der Waals surface area contributed by atoms with Crippen molar-refractivity contribution in [1.29, 1.82) is 5.41 Å². The van der Waals surface area contributed by atoms with Crippen LogP contribution in [0.2, 0.25) is 0 Å². The van der Waals surface area contributed by atoms with Crippen LogP contribution in [0.4, 0.5) is 0 Å². The van der Waals surface area contributed by atoms with Gasteiger partial charge in [-0.05, 0) is 18.2 Å². The van der Waals surface area contributed by atoms with Gasteiger partial charge in [-0.2, -0.15) is 8.42 Å². The minimum Gasteiger partial charge on any atom is -0.388 e. The van der Waals surface area contributed by atoms with Gasteiger partial charge in [0.05, 0.1) is 11.0 Å². The minimum atomic E-state index is -4.30. The molecule has 2 unspecified atom stereocenters. The highest BCUT2D eigenvalue weighted by atomic mass is 32.2. The molecule has 2 aliphatic carbocycles. The maximum atomic E-state index is 10.9. The maximum Gasteiger partial charge on any atom is 0.294 e. The van der Waals surface area contributed by atoms with Crippen molar-refractivity contribution in [2.45, 2.75) is 12.5 Å². The third kappa shape index (κ3) is 1.99. The highest BCUT2D eigenvalue weighted by Crippen LogP contribution is 2.32. The van der Waals surface area contributed by atoms with E-state index in [1.165, 1.54) is 6.08 Å². The van der Waals surface area contributed by atoms with Gasteiger partial charge in [-0.15, -0.1) is 0 Å². The number of fused-ring (bicyclic) bond motifs is 1. The van der Waals surface area contributed by atoms with E-state index in [4.69, 9.17) is 9.96 Å². The standard InChI is InChI=1S/C10H11NO4S/c11-7-1-2-9-6(3-7)4-8(5-10(9)12)16(13,14)15/h1-2,4-5,9-12H,3H2,(H,13,14,15). The summed E-state index contributed by atoms with van der Waals surface area (Å²) in [5.74, 6) is -0.292. The molecule has 86 valence electrons. The number of hydrogen-bond donors (Lipinski definition) is 3. The average Bonchev–Trinajstić information content (AvgIpc) is 2.15. The molecule has 16 heavy (non-hydrogen) atoms. The summed E-state index contributed by atoms with van der Waals surface area (Å²) in [7, 11) is -4.30. The van der Waals surface area contributed by atoms with Gasteiger partial charge in [0.2, 0.25) is 0 Å². The Morgan fingerprint density at radius 1 is 1.44 bits per heavy atom. The van der Waals surface area contributed by atoms with Gasteiger partial charge in [-0.3, -0.25) is 4.55 Å². The Morgan fingerprint density at radius 2 is 2.12 bits per heavy atom. The number of hydrogen-bond acceptors (Lipinski definition) is 4. The van der Waals surface area contributed by atoms with E-state index in [1.807, 2.05) is 0 Å². The fourth-order valence-corrected chi connectivity index (χ4v) is 2.50. The van der Waals surface area contributed by atoms with Crippen LogP contribution in [0.25, 0.3) is 0 Å². The van der Waals surface area contributed by atoms with E-state index in [2.05, 4.69) is 0 Å². The monoisotopic (exact) mass is 241 g/mol. The quantitative estimate of drug-likeness (QED) is 0.587. The molecule has 2 atom stereocenters. The van der Waals surface area contributed by atoms with Gasteiger partial charge in [-0.25, -0.2) is 0 Å². The molecule has 0 aromatic rings. The first-order valence-electron chi connectivity index (χ1n) is 4.71. The van der Waals surface area contributed by atoms with Crippen LogP contribution < -0.4 is 0 Å². The molecule has 0 bridgehead atoms. The van der Waals surface area contributed by atoms with Gasteiger partial charge in [0.1, 0.15) is 0 Å². The lowest BCUT2D eigenvalue weighted by Gasteiger charge is -2.27. The van der Waals surface area contributed by atoms with E-state index in [9.17, 15) is 13.5 Å². The first-order chi connectivity index (χ1) is 7.38. The zero-order valence-electron chi connectivity index (χ0n) is 8.29. The summed E-state index contributed by atoms with van der Waals surface area (Å²) in [6.45, 7) is 0. The molecule has 0 amide bonds. The molecule has 0 radical (unpaired) electrons. The van der Waals surface area contributed by atoms with Gasteiger partial charge < -0.3 is 10.5 Å². The second-order valence-corrected chi connectivity index (χ2v) is 5.26. The van der Waals surface area contributed by atoms with Crippen molar-refractivity contribution in [2.75, 3.05) is 0 Å². The van der Waals surface area contributed by atoms with Gasteiger partial charge in [0.15, 0.2) is 0 Å². The first-order valence-corrected chi connectivity index (χ1v) is 6.15. The Hall–Kier alpha value is -1.24. The second-order valence-electron chi connectivity index (χ2n) is 3.84. The normalized spacial score (nSPS) is 29.5. The van der Waals surface area contributed by atoms with E-state index in [-0.39, 0.29) is 10.8 Å². The molecule has 0 aromatic carbocycles. The van der Waals surface area contributed by atoms with E-state index >= 15 is 0 Å². The summed E-state index contributed by atoms with van der Waals surface area (Å²) in [4.78, 5) is -0.297. The lowest BCUT2D eigenvalue weighted by atomic mass is 9.82. The molecular weight excluding hydrogens is 230 g/mol.